The van der Waals surface area contributed by atoms with Crippen molar-refractivity contribution in [1.29, 1.82) is 0 Å². The molecule has 3 heterocycles. The fourth-order valence-electron chi connectivity index (χ4n) is 4.11. The largest absolute Gasteiger partial charge is 0.486 e. The van der Waals surface area contributed by atoms with E-state index in [4.69, 9.17) is 9.47 Å². The molecule has 1 atom stereocenters. The number of aromatic amines is 1. The molecule has 3 aromatic rings. The maximum atomic E-state index is 12.5. The third-order valence-corrected chi connectivity index (χ3v) is 5.57. The van der Waals surface area contributed by atoms with Crippen molar-refractivity contribution in [1.82, 2.24) is 15.6 Å². The molecule has 0 spiro atoms. The zero-order chi connectivity index (χ0) is 21.4. The molecule has 1 aromatic heterocycles. The van der Waals surface area contributed by atoms with Gasteiger partial charge in [-0.3, -0.25) is 4.79 Å². The number of fused-ring (bicyclic) bond motifs is 2. The van der Waals surface area contributed by atoms with Crippen LogP contribution in [0.5, 0.6) is 11.5 Å². The van der Waals surface area contributed by atoms with Gasteiger partial charge >= 0.3 is 6.03 Å². The monoisotopic (exact) mass is 420 g/mol. The van der Waals surface area contributed by atoms with Crippen LogP contribution in [0.2, 0.25) is 0 Å². The summed E-state index contributed by atoms with van der Waals surface area (Å²) in [6.45, 7) is 3.86. The Morgan fingerprint density at radius 2 is 1.97 bits per heavy atom. The number of hydrogen-bond acceptors (Lipinski definition) is 4. The van der Waals surface area contributed by atoms with Crippen molar-refractivity contribution < 1.29 is 19.1 Å². The Balaban J connectivity index is 1.17. The Hall–Kier alpha value is -3.68. The summed E-state index contributed by atoms with van der Waals surface area (Å²) >= 11 is 0. The van der Waals surface area contributed by atoms with Gasteiger partial charge < -0.3 is 30.0 Å². The summed E-state index contributed by atoms with van der Waals surface area (Å²) in [6.07, 6.45) is 0.260. The highest BCUT2D eigenvalue weighted by atomic mass is 16.6. The molecule has 2 aliphatic heterocycles. The fourth-order valence-corrected chi connectivity index (χ4v) is 4.11. The molecular formula is C23H24N4O4. The first-order chi connectivity index (χ1) is 15.0. The minimum Gasteiger partial charge on any atom is -0.486 e. The molecule has 0 radical (unpaired) electrons. The number of aromatic nitrogens is 1. The molecule has 8 nitrogen and oxygen atoms in total. The Morgan fingerprint density at radius 3 is 2.84 bits per heavy atom. The highest BCUT2D eigenvalue weighted by Crippen LogP contribution is 2.35. The predicted octanol–water partition coefficient (Wildman–Crippen LogP) is 2.85. The number of aryl methyl sites for hydroxylation is 1. The number of H-pyrrole nitrogens is 1. The van der Waals surface area contributed by atoms with Crippen LogP contribution in [0.15, 0.2) is 42.5 Å². The molecule has 3 amide bonds. The molecule has 5 rings (SSSR count). The van der Waals surface area contributed by atoms with E-state index in [2.05, 4.69) is 27.8 Å². The normalized spacial score (nSPS) is 17.8. The number of carbonyl (C=O) groups excluding carboxylic acids is 2. The van der Waals surface area contributed by atoms with Crippen LogP contribution in [0.1, 0.15) is 17.7 Å². The summed E-state index contributed by atoms with van der Waals surface area (Å²) in [6, 6.07) is 13.1. The summed E-state index contributed by atoms with van der Waals surface area (Å²) in [5.41, 5.74) is 3.94. The molecule has 31 heavy (non-hydrogen) atoms. The number of benzene rings is 2. The summed E-state index contributed by atoms with van der Waals surface area (Å²) in [4.78, 5) is 29.9. The van der Waals surface area contributed by atoms with E-state index < -0.39 is 0 Å². The zero-order valence-corrected chi connectivity index (χ0v) is 17.2. The predicted molar refractivity (Wildman–Crippen MR) is 117 cm³/mol. The van der Waals surface area contributed by atoms with Crippen LogP contribution in [0.3, 0.4) is 0 Å². The second kappa shape index (κ2) is 7.86. The van der Waals surface area contributed by atoms with Gasteiger partial charge in [0.1, 0.15) is 13.2 Å². The molecule has 160 valence electrons. The quantitative estimate of drug-likeness (QED) is 0.605. The van der Waals surface area contributed by atoms with Crippen LogP contribution >= 0.6 is 0 Å². The van der Waals surface area contributed by atoms with Gasteiger partial charge in [0, 0.05) is 42.5 Å². The number of amides is 3. The van der Waals surface area contributed by atoms with E-state index in [0.717, 1.165) is 27.8 Å². The van der Waals surface area contributed by atoms with Crippen LogP contribution in [0.25, 0.3) is 10.9 Å². The number of urea groups is 1. The molecule has 8 heteroatoms. The highest BCUT2D eigenvalue weighted by Gasteiger charge is 2.32. The molecule has 1 unspecified atom stereocenters. The van der Waals surface area contributed by atoms with E-state index >= 15 is 0 Å². The average Bonchev–Trinajstić information content (AvgIpc) is 3.32. The number of rotatable bonds is 4. The zero-order valence-electron chi connectivity index (χ0n) is 17.2. The van der Waals surface area contributed by atoms with Crippen molar-refractivity contribution in [2.24, 2.45) is 0 Å². The van der Waals surface area contributed by atoms with Crippen LogP contribution < -0.4 is 25.0 Å². The Labute approximate surface area is 179 Å². The Morgan fingerprint density at radius 1 is 1.13 bits per heavy atom. The summed E-state index contributed by atoms with van der Waals surface area (Å²) < 4.78 is 11.1. The minimum absolute atomic E-state index is 0.0322. The van der Waals surface area contributed by atoms with Crippen LogP contribution in [-0.2, 0) is 11.3 Å². The van der Waals surface area contributed by atoms with E-state index in [-0.39, 0.29) is 24.4 Å². The Bertz CT molecular complexity index is 1160. The first-order valence-electron chi connectivity index (χ1n) is 10.4. The number of carbonyl (C=O) groups is 2. The lowest BCUT2D eigenvalue weighted by atomic mass is 10.1. The van der Waals surface area contributed by atoms with Gasteiger partial charge in [-0.15, -0.1) is 0 Å². The number of nitrogens with zero attached hydrogens (tertiary/aromatic N) is 1. The van der Waals surface area contributed by atoms with Gasteiger partial charge in [0.15, 0.2) is 11.5 Å². The number of anilines is 1. The topological polar surface area (TPSA) is 95.7 Å². The average molecular weight is 420 g/mol. The van der Waals surface area contributed by atoms with Gasteiger partial charge in [-0.1, -0.05) is 6.07 Å². The molecular weight excluding hydrogens is 396 g/mol. The lowest BCUT2D eigenvalue weighted by Crippen LogP contribution is -2.43. The summed E-state index contributed by atoms with van der Waals surface area (Å²) in [5.74, 6) is 1.29. The molecule has 2 aromatic carbocycles. The van der Waals surface area contributed by atoms with Gasteiger partial charge in [0.2, 0.25) is 5.91 Å². The van der Waals surface area contributed by atoms with Crippen molar-refractivity contribution in [2.45, 2.75) is 25.9 Å². The second-order valence-corrected chi connectivity index (χ2v) is 7.93. The van der Waals surface area contributed by atoms with Crippen molar-refractivity contribution in [2.75, 3.05) is 24.7 Å². The van der Waals surface area contributed by atoms with Gasteiger partial charge in [-0.05, 0) is 48.2 Å². The fraction of sp³-hybridized carbons (Fsp3) is 0.304. The van der Waals surface area contributed by atoms with Crippen LogP contribution in [-0.4, -0.2) is 42.7 Å². The third-order valence-electron chi connectivity index (χ3n) is 5.57. The van der Waals surface area contributed by atoms with Crippen molar-refractivity contribution in [3.63, 3.8) is 0 Å². The minimum atomic E-state index is -0.285. The van der Waals surface area contributed by atoms with E-state index in [1.807, 2.05) is 37.3 Å². The molecule has 0 aliphatic carbocycles. The summed E-state index contributed by atoms with van der Waals surface area (Å²) in [5, 5.41) is 6.91. The lowest BCUT2D eigenvalue weighted by molar-refractivity contribution is -0.117. The van der Waals surface area contributed by atoms with Gasteiger partial charge in [0.05, 0.1) is 6.04 Å². The molecule has 1 fully saturated rings. The molecule has 1 saturated heterocycles. The maximum Gasteiger partial charge on any atom is 0.315 e. The van der Waals surface area contributed by atoms with Crippen LogP contribution in [0.4, 0.5) is 10.5 Å². The second-order valence-electron chi connectivity index (χ2n) is 7.93. The standard InChI is InChI=1S/C23H24N4O4/c1-14-8-16-9-15(2-4-19(16)25-14)12-24-23(29)26-17-10-22(28)27(13-17)18-3-5-20-21(11-18)31-7-6-30-20/h2-5,8-9,11,17,25H,6-7,10,12-13H2,1H3,(H2,24,26,29). The SMILES string of the molecule is Cc1cc2cc(CNC(=O)NC3CC(=O)N(c4ccc5c(c4)OCCO5)C3)ccc2[nH]1. The van der Waals surface area contributed by atoms with Crippen LogP contribution in [0, 0.1) is 6.92 Å². The van der Waals surface area contributed by atoms with Crippen molar-refractivity contribution >= 4 is 28.5 Å². The first-order valence-corrected chi connectivity index (χ1v) is 10.4. The molecule has 0 bridgehead atoms. The van der Waals surface area contributed by atoms with E-state index in [1.54, 1.807) is 4.90 Å². The molecule has 3 N–H and O–H groups in total. The van der Waals surface area contributed by atoms with Crippen molar-refractivity contribution in [3.8, 4) is 11.5 Å². The number of ether oxygens (including phenoxy) is 2. The highest BCUT2D eigenvalue weighted by molar-refractivity contribution is 5.97. The molecule has 2 aliphatic rings. The Kier molecular flexibility index (Phi) is 4.89. The van der Waals surface area contributed by atoms with E-state index in [1.165, 1.54) is 0 Å². The smallest absolute Gasteiger partial charge is 0.315 e. The van der Waals surface area contributed by atoms with Gasteiger partial charge in [-0.2, -0.15) is 0 Å². The van der Waals surface area contributed by atoms with Crippen molar-refractivity contribution in [3.05, 3.63) is 53.7 Å². The summed E-state index contributed by atoms with van der Waals surface area (Å²) in [7, 11) is 0. The number of hydrogen-bond donors (Lipinski definition) is 3. The lowest BCUT2D eigenvalue weighted by Gasteiger charge is -2.22. The van der Waals surface area contributed by atoms with E-state index in [9.17, 15) is 9.59 Å². The maximum absolute atomic E-state index is 12.5. The van der Waals surface area contributed by atoms with Gasteiger partial charge in [0.25, 0.3) is 0 Å². The number of nitrogens with one attached hydrogen (secondary N) is 3. The third kappa shape index (κ3) is 4.01. The first kappa shape index (κ1) is 19.3. The molecule has 0 saturated carbocycles. The van der Waals surface area contributed by atoms with Gasteiger partial charge in [-0.25, -0.2) is 4.79 Å². The van der Waals surface area contributed by atoms with E-state index in [0.29, 0.717) is 37.8 Å².